The van der Waals surface area contributed by atoms with Crippen molar-refractivity contribution >= 4 is 0 Å². The topological polar surface area (TPSA) is 12.0 Å². The second kappa shape index (κ2) is 5.32. The number of hydrogen-bond donors (Lipinski definition) is 1. The van der Waals surface area contributed by atoms with E-state index in [1.165, 1.54) is 37.7 Å². The van der Waals surface area contributed by atoms with Crippen LogP contribution in [-0.4, -0.2) is 12.1 Å². The van der Waals surface area contributed by atoms with Crippen molar-refractivity contribution in [1.82, 2.24) is 5.32 Å². The van der Waals surface area contributed by atoms with E-state index in [-0.39, 0.29) is 0 Å². The minimum Gasteiger partial charge on any atom is -0.311 e. The van der Waals surface area contributed by atoms with Crippen LogP contribution in [0, 0.1) is 0 Å². The van der Waals surface area contributed by atoms with Gasteiger partial charge in [0.1, 0.15) is 0 Å². The predicted octanol–water partition coefficient (Wildman–Crippen LogP) is 3.15. The molecule has 0 amide bonds. The number of rotatable bonds is 6. The Hall–Kier alpha value is -0.820. The van der Waals surface area contributed by atoms with Gasteiger partial charge in [0.15, 0.2) is 0 Å². The Bertz CT molecular complexity index is 277. The van der Waals surface area contributed by atoms with Crippen LogP contribution in [0.15, 0.2) is 30.3 Å². The molecule has 1 aliphatic rings. The Labute approximate surface area is 92.9 Å². The summed E-state index contributed by atoms with van der Waals surface area (Å²) >= 11 is 0. The SMILES string of the molecule is CCCC(Cc1ccccc1)NC1CC1. The highest BCUT2D eigenvalue weighted by Gasteiger charge is 2.24. The Kier molecular flexibility index (Phi) is 3.79. The summed E-state index contributed by atoms with van der Waals surface area (Å²) in [6, 6.07) is 12.3. The molecular formula is C14H21N. The van der Waals surface area contributed by atoms with Crippen LogP contribution in [0.5, 0.6) is 0 Å². The van der Waals surface area contributed by atoms with Gasteiger partial charge in [0.05, 0.1) is 0 Å². The van der Waals surface area contributed by atoms with Crippen molar-refractivity contribution in [3.8, 4) is 0 Å². The van der Waals surface area contributed by atoms with Crippen molar-refractivity contribution in [2.45, 2.75) is 51.1 Å². The van der Waals surface area contributed by atoms with E-state index in [4.69, 9.17) is 0 Å². The first-order chi connectivity index (χ1) is 7.38. The smallest absolute Gasteiger partial charge is 0.0110 e. The average molecular weight is 203 g/mol. The van der Waals surface area contributed by atoms with Gasteiger partial charge >= 0.3 is 0 Å². The van der Waals surface area contributed by atoms with Crippen molar-refractivity contribution in [1.29, 1.82) is 0 Å². The predicted molar refractivity (Wildman–Crippen MR) is 65.0 cm³/mol. The molecule has 0 heterocycles. The maximum Gasteiger partial charge on any atom is 0.0110 e. The molecule has 2 rings (SSSR count). The van der Waals surface area contributed by atoms with Gasteiger partial charge in [-0.3, -0.25) is 0 Å². The van der Waals surface area contributed by atoms with E-state index in [0.29, 0.717) is 6.04 Å². The van der Waals surface area contributed by atoms with Gasteiger partial charge in [0.25, 0.3) is 0 Å². The zero-order valence-electron chi connectivity index (χ0n) is 9.58. The minimum absolute atomic E-state index is 0.685. The highest BCUT2D eigenvalue weighted by molar-refractivity contribution is 5.16. The van der Waals surface area contributed by atoms with Crippen LogP contribution in [0.2, 0.25) is 0 Å². The molecule has 0 radical (unpaired) electrons. The van der Waals surface area contributed by atoms with Crippen molar-refractivity contribution in [2.24, 2.45) is 0 Å². The molecule has 1 heteroatoms. The Morgan fingerprint density at radius 1 is 1.27 bits per heavy atom. The normalized spacial score (nSPS) is 17.7. The largest absolute Gasteiger partial charge is 0.311 e. The molecule has 1 nitrogen and oxygen atoms in total. The van der Waals surface area contributed by atoms with E-state index in [2.05, 4.69) is 42.6 Å². The van der Waals surface area contributed by atoms with Gasteiger partial charge in [-0.15, -0.1) is 0 Å². The lowest BCUT2D eigenvalue weighted by Crippen LogP contribution is -2.32. The third-order valence-corrected chi connectivity index (χ3v) is 3.01. The molecule has 82 valence electrons. The van der Waals surface area contributed by atoms with Crippen molar-refractivity contribution in [3.05, 3.63) is 35.9 Å². The summed E-state index contributed by atoms with van der Waals surface area (Å²) in [6.45, 7) is 2.27. The van der Waals surface area contributed by atoms with E-state index >= 15 is 0 Å². The molecule has 1 fully saturated rings. The quantitative estimate of drug-likeness (QED) is 0.749. The molecule has 1 unspecified atom stereocenters. The molecule has 1 aliphatic carbocycles. The molecule has 1 N–H and O–H groups in total. The highest BCUT2D eigenvalue weighted by Crippen LogP contribution is 2.21. The lowest BCUT2D eigenvalue weighted by Gasteiger charge is -2.17. The fourth-order valence-corrected chi connectivity index (χ4v) is 2.07. The molecule has 1 aromatic rings. The third kappa shape index (κ3) is 3.67. The first-order valence-electron chi connectivity index (χ1n) is 6.18. The summed E-state index contributed by atoms with van der Waals surface area (Å²) < 4.78 is 0. The van der Waals surface area contributed by atoms with Crippen LogP contribution < -0.4 is 5.32 Å². The van der Waals surface area contributed by atoms with Crippen molar-refractivity contribution in [3.63, 3.8) is 0 Å². The molecular weight excluding hydrogens is 182 g/mol. The minimum atomic E-state index is 0.685. The number of hydrogen-bond acceptors (Lipinski definition) is 1. The highest BCUT2D eigenvalue weighted by atomic mass is 15.0. The van der Waals surface area contributed by atoms with Gasteiger partial charge in [-0.2, -0.15) is 0 Å². The van der Waals surface area contributed by atoms with Gasteiger partial charge < -0.3 is 5.32 Å². The molecule has 1 saturated carbocycles. The van der Waals surface area contributed by atoms with E-state index in [9.17, 15) is 0 Å². The second-order valence-electron chi connectivity index (χ2n) is 4.62. The first-order valence-corrected chi connectivity index (χ1v) is 6.18. The lowest BCUT2D eigenvalue weighted by molar-refractivity contribution is 0.470. The summed E-state index contributed by atoms with van der Waals surface area (Å²) in [7, 11) is 0. The fourth-order valence-electron chi connectivity index (χ4n) is 2.07. The van der Waals surface area contributed by atoms with Gasteiger partial charge in [-0.05, 0) is 31.2 Å². The summed E-state index contributed by atoms with van der Waals surface area (Å²) in [4.78, 5) is 0. The van der Waals surface area contributed by atoms with E-state index in [1.807, 2.05) is 0 Å². The molecule has 1 atom stereocenters. The molecule has 0 aliphatic heterocycles. The summed E-state index contributed by atoms with van der Waals surface area (Å²) in [5, 5.41) is 3.74. The number of benzene rings is 1. The van der Waals surface area contributed by atoms with E-state index in [0.717, 1.165) is 6.04 Å². The van der Waals surface area contributed by atoms with Crippen LogP contribution in [-0.2, 0) is 6.42 Å². The summed E-state index contributed by atoms with van der Waals surface area (Å²) in [5.41, 5.74) is 1.46. The molecule has 1 aromatic carbocycles. The second-order valence-corrected chi connectivity index (χ2v) is 4.62. The molecule has 0 bridgehead atoms. The standard InChI is InChI=1S/C14H21N/c1-2-6-14(15-13-9-10-13)11-12-7-4-3-5-8-12/h3-5,7-8,13-15H,2,6,9-11H2,1H3. The number of nitrogens with one attached hydrogen (secondary N) is 1. The van der Waals surface area contributed by atoms with Crippen LogP contribution in [0.25, 0.3) is 0 Å². The zero-order chi connectivity index (χ0) is 10.5. The lowest BCUT2D eigenvalue weighted by atomic mass is 10.0. The Balaban J connectivity index is 1.87. The van der Waals surface area contributed by atoms with Gasteiger partial charge in [0, 0.05) is 12.1 Å². The zero-order valence-corrected chi connectivity index (χ0v) is 9.58. The summed E-state index contributed by atoms with van der Waals surface area (Å²) in [6.07, 6.45) is 6.53. The average Bonchev–Trinajstić information content (AvgIpc) is 3.03. The third-order valence-electron chi connectivity index (χ3n) is 3.01. The van der Waals surface area contributed by atoms with Crippen LogP contribution in [0.4, 0.5) is 0 Å². The maximum atomic E-state index is 3.74. The van der Waals surface area contributed by atoms with Crippen molar-refractivity contribution < 1.29 is 0 Å². The summed E-state index contributed by atoms with van der Waals surface area (Å²) in [5.74, 6) is 0. The maximum absolute atomic E-state index is 3.74. The molecule has 15 heavy (non-hydrogen) atoms. The van der Waals surface area contributed by atoms with Gasteiger partial charge in [-0.1, -0.05) is 43.7 Å². The van der Waals surface area contributed by atoms with E-state index < -0.39 is 0 Å². The molecule has 0 aromatic heterocycles. The van der Waals surface area contributed by atoms with Crippen molar-refractivity contribution in [2.75, 3.05) is 0 Å². The van der Waals surface area contributed by atoms with E-state index in [1.54, 1.807) is 0 Å². The van der Waals surface area contributed by atoms with Crippen LogP contribution in [0.3, 0.4) is 0 Å². The monoisotopic (exact) mass is 203 g/mol. The fraction of sp³-hybridized carbons (Fsp3) is 0.571. The molecule has 0 spiro atoms. The van der Waals surface area contributed by atoms with Crippen LogP contribution >= 0.6 is 0 Å². The Morgan fingerprint density at radius 3 is 2.60 bits per heavy atom. The Morgan fingerprint density at radius 2 is 2.00 bits per heavy atom. The van der Waals surface area contributed by atoms with Gasteiger partial charge in [-0.25, -0.2) is 0 Å². The first kappa shape index (κ1) is 10.7. The molecule has 0 saturated heterocycles. The van der Waals surface area contributed by atoms with Gasteiger partial charge in [0.2, 0.25) is 0 Å². The van der Waals surface area contributed by atoms with Crippen LogP contribution in [0.1, 0.15) is 38.2 Å².